The number of anilines is 2. The summed E-state index contributed by atoms with van der Waals surface area (Å²) in [5.41, 5.74) is 9.68. The molecule has 102 valence electrons. The molecule has 0 atom stereocenters. The molecule has 2 aromatic rings. The number of aromatic nitrogens is 2. The molecule has 9 heteroatoms. The van der Waals surface area contributed by atoms with E-state index in [4.69, 9.17) is 21.8 Å². The standard InChI is InChI=1S/C11H7F2N5O2/c12-5-1-3(8(19)6(13)9(5)20)7-4(2-14)10(15)18-11(16)17-7/h1,19-20H,(H4,15,16,17,18). The van der Waals surface area contributed by atoms with Gasteiger partial charge in [-0.3, -0.25) is 0 Å². The topological polar surface area (TPSA) is 142 Å². The van der Waals surface area contributed by atoms with Crippen LogP contribution in [0.25, 0.3) is 11.3 Å². The van der Waals surface area contributed by atoms with Crippen molar-refractivity contribution in [2.45, 2.75) is 0 Å². The second kappa shape index (κ2) is 4.51. The van der Waals surface area contributed by atoms with Crippen LogP contribution in [0.1, 0.15) is 5.56 Å². The van der Waals surface area contributed by atoms with Crippen molar-refractivity contribution < 1.29 is 19.0 Å². The van der Waals surface area contributed by atoms with Crippen LogP contribution in [0.2, 0.25) is 0 Å². The maximum Gasteiger partial charge on any atom is 0.222 e. The average Bonchev–Trinajstić information content (AvgIpc) is 2.39. The Kier molecular flexibility index (Phi) is 2.99. The van der Waals surface area contributed by atoms with Crippen molar-refractivity contribution in [3.05, 3.63) is 23.3 Å². The van der Waals surface area contributed by atoms with Crippen molar-refractivity contribution in [3.8, 4) is 28.8 Å². The highest BCUT2D eigenvalue weighted by Gasteiger charge is 2.23. The fourth-order valence-electron chi connectivity index (χ4n) is 1.58. The lowest BCUT2D eigenvalue weighted by Crippen LogP contribution is -2.05. The summed E-state index contributed by atoms with van der Waals surface area (Å²) in [6.45, 7) is 0. The molecule has 20 heavy (non-hydrogen) atoms. The molecule has 0 unspecified atom stereocenters. The first-order valence-electron chi connectivity index (χ1n) is 5.10. The Morgan fingerprint density at radius 3 is 2.40 bits per heavy atom. The number of nitrogens with two attached hydrogens (primary N) is 2. The molecule has 2 rings (SSSR count). The van der Waals surface area contributed by atoms with Crippen LogP contribution in [0.5, 0.6) is 11.5 Å². The quantitative estimate of drug-likeness (QED) is 0.606. The van der Waals surface area contributed by atoms with Crippen LogP contribution in [-0.2, 0) is 0 Å². The van der Waals surface area contributed by atoms with E-state index in [1.54, 1.807) is 6.07 Å². The third-order valence-corrected chi connectivity index (χ3v) is 2.49. The molecular weight excluding hydrogens is 272 g/mol. The minimum atomic E-state index is -1.58. The fourth-order valence-corrected chi connectivity index (χ4v) is 1.58. The molecule has 0 spiro atoms. The van der Waals surface area contributed by atoms with Gasteiger partial charge in [0.1, 0.15) is 17.5 Å². The number of phenolic OH excluding ortho intramolecular Hbond substituents is 2. The molecule has 0 amide bonds. The predicted molar refractivity (Wildman–Crippen MR) is 64.3 cm³/mol. The van der Waals surface area contributed by atoms with E-state index in [-0.39, 0.29) is 23.0 Å². The van der Waals surface area contributed by atoms with Gasteiger partial charge in [0.25, 0.3) is 0 Å². The van der Waals surface area contributed by atoms with Gasteiger partial charge in [0.05, 0.1) is 5.69 Å². The van der Waals surface area contributed by atoms with E-state index in [0.29, 0.717) is 6.07 Å². The SMILES string of the molecule is N#Cc1c(N)nc(N)nc1-c1cc(F)c(O)c(F)c1O. The van der Waals surface area contributed by atoms with Gasteiger partial charge in [0.2, 0.25) is 11.8 Å². The van der Waals surface area contributed by atoms with E-state index in [1.165, 1.54) is 0 Å². The highest BCUT2D eigenvalue weighted by atomic mass is 19.1. The number of benzene rings is 1. The third-order valence-electron chi connectivity index (χ3n) is 2.49. The lowest BCUT2D eigenvalue weighted by molar-refractivity contribution is 0.368. The molecule has 0 radical (unpaired) electrons. The molecular formula is C11H7F2N5O2. The van der Waals surface area contributed by atoms with Crippen LogP contribution < -0.4 is 11.5 Å². The van der Waals surface area contributed by atoms with E-state index >= 15 is 0 Å². The van der Waals surface area contributed by atoms with E-state index in [2.05, 4.69) is 9.97 Å². The summed E-state index contributed by atoms with van der Waals surface area (Å²) in [5.74, 6) is -6.00. The fraction of sp³-hybridized carbons (Fsp3) is 0. The van der Waals surface area contributed by atoms with Crippen molar-refractivity contribution >= 4 is 11.8 Å². The molecule has 7 nitrogen and oxygen atoms in total. The zero-order chi connectivity index (χ0) is 15.0. The molecule has 6 N–H and O–H groups in total. The zero-order valence-corrected chi connectivity index (χ0v) is 9.72. The Morgan fingerprint density at radius 1 is 1.15 bits per heavy atom. The minimum Gasteiger partial charge on any atom is -0.504 e. The number of phenols is 2. The van der Waals surface area contributed by atoms with E-state index in [1.807, 2.05) is 0 Å². The van der Waals surface area contributed by atoms with Gasteiger partial charge < -0.3 is 21.7 Å². The van der Waals surface area contributed by atoms with Crippen molar-refractivity contribution in [2.24, 2.45) is 0 Å². The molecule has 0 saturated heterocycles. The normalized spacial score (nSPS) is 10.2. The van der Waals surface area contributed by atoms with Gasteiger partial charge in [-0.15, -0.1) is 0 Å². The maximum absolute atomic E-state index is 13.4. The number of nitrogens with zero attached hydrogens (tertiary/aromatic N) is 3. The number of rotatable bonds is 1. The van der Waals surface area contributed by atoms with Crippen LogP contribution in [0.15, 0.2) is 6.07 Å². The molecule has 0 bridgehead atoms. The number of halogens is 2. The second-order valence-electron chi connectivity index (χ2n) is 3.72. The summed E-state index contributed by atoms with van der Waals surface area (Å²) < 4.78 is 26.8. The van der Waals surface area contributed by atoms with Crippen LogP contribution in [0.4, 0.5) is 20.5 Å². The lowest BCUT2D eigenvalue weighted by Gasteiger charge is -2.10. The van der Waals surface area contributed by atoms with Crippen LogP contribution in [0, 0.1) is 23.0 Å². The van der Waals surface area contributed by atoms with Crippen LogP contribution in [0.3, 0.4) is 0 Å². The van der Waals surface area contributed by atoms with Crippen molar-refractivity contribution in [1.29, 1.82) is 5.26 Å². The van der Waals surface area contributed by atoms with Crippen LogP contribution >= 0.6 is 0 Å². The molecule has 0 saturated carbocycles. The van der Waals surface area contributed by atoms with Gasteiger partial charge in [0, 0.05) is 5.56 Å². The lowest BCUT2D eigenvalue weighted by atomic mass is 10.0. The largest absolute Gasteiger partial charge is 0.504 e. The molecule has 0 fully saturated rings. The van der Waals surface area contributed by atoms with E-state index in [0.717, 1.165) is 0 Å². The van der Waals surface area contributed by atoms with Crippen molar-refractivity contribution in [3.63, 3.8) is 0 Å². The average molecular weight is 279 g/mol. The highest BCUT2D eigenvalue weighted by molar-refractivity contribution is 5.77. The Balaban J connectivity index is 2.86. The number of hydrogen-bond donors (Lipinski definition) is 4. The molecule has 0 aliphatic rings. The summed E-state index contributed by atoms with van der Waals surface area (Å²) in [7, 11) is 0. The minimum absolute atomic E-state index is 0.303. The summed E-state index contributed by atoms with van der Waals surface area (Å²) in [4.78, 5) is 7.16. The van der Waals surface area contributed by atoms with Gasteiger partial charge in [-0.1, -0.05) is 0 Å². The van der Waals surface area contributed by atoms with Crippen molar-refractivity contribution in [2.75, 3.05) is 11.5 Å². The number of aromatic hydroxyl groups is 2. The van der Waals surface area contributed by atoms with Gasteiger partial charge in [0.15, 0.2) is 17.3 Å². The summed E-state index contributed by atoms with van der Waals surface area (Å²) >= 11 is 0. The molecule has 0 aliphatic carbocycles. The first-order chi connectivity index (χ1) is 9.36. The summed E-state index contributed by atoms with van der Waals surface area (Å²) in [6.07, 6.45) is 0. The Morgan fingerprint density at radius 2 is 1.80 bits per heavy atom. The van der Waals surface area contributed by atoms with Crippen LogP contribution in [-0.4, -0.2) is 20.2 Å². The zero-order valence-electron chi connectivity index (χ0n) is 9.72. The highest BCUT2D eigenvalue weighted by Crippen LogP contribution is 2.38. The molecule has 1 aromatic heterocycles. The molecule has 1 heterocycles. The van der Waals surface area contributed by atoms with Gasteiger partial charge in [-0.25, -0.2) is 9.37 Å². The third kappa shape index (κ3) is 1.89. The maximum atomic E-state index is 13.4. The Hall–Kier alpha value is -3.15. The second-order valence-corrected chi connectivity index (χ2v) is 3.72. The first-order valence-corrected chi connectivity index (χ1v) is 5.10. The number of hydrogen-bond acceptors (Lipinski definition) is 7. The summed E-state index contributed by atoms with van der Waals surface area (Å²) in [6, 6.07) is 2.25. The first kappa shape index (κ1) is 13.3. The number of nitriles is 1. The number of nitrogen functional groups attached to an aromatic ring is 2. The molecule has 1 aromatic carbocycles. The smallest absolute Gasteiger partial charge is 0.222 e. The predicted octanol–water partition coefficient (Wildman–Crippen LogP) is 0.869. The Bertz CT molecular complexity index is 758. The van der Waals surface area contributed by atoms with Gasteiger partial charge in [-0.2, -0.15) is 14.6 Å². The van der Waals surface area contributed by atoms with Gasteiger partial charge >= 0.3 is 0 Å². The van der Waals surface area contributed by atoms with E-state index < -0.39 is 28.7 Å². The summed E-state index contributed by atoms with van der Waals surface area (Å²) in [5, 5.41) is 27.6. The molecule has 0 aliphatic heterocycles. The Labute approximate surface area is 110 Å². The van der Waals surface area contributed by atoms with E-state index in [9.17, 15) is 13.9 Å². The van der Waals surface area contributed by atoms with Crippen molar-refractivity contribution in [1.82, 2.24) is 9.97 Å². The monoisotopic (exact) mass is 279 g/mol. The van der Waals surface area contributed by atoms with Gasteiger partial charge in [-0.05, 0) is 6.07 Å².